The lowest BCUT2D eigenvalue weighted by Gasteiger charge is -2.30. The minimum atomic E-state index is -0.247. The first-order valence-electron chi connectivity index (χ1n) is 5.91. The molecule has 1 aromatic rings. The van der Waals surface area contributed by atoms with Gasteiger partial charge in [0.25, 0.3) is 0 Å². The Labute approximate surface area is 107 Å². The summed E-state index contributed by atoms with van der Waals surface area (Å²) in [5, 5.41) is 0.387. The summed E-state index contributed by atoms with van der Waals surface area (Å²) in [5.74, 6) is 0.229. The van der Waals surface area contributed by atoms with Crippen LogP contribution in [0.15, 0.2) is 16.7 Å². The van der Waals surface area contributed by atoms with Gasteiger partial charge in [-0.15, -0.1) is 0 Å². The first-order valence-corrected chi connectivity index (χ1v) is 6.29. The van der Waals surface area contributed by atoms with Crippen LogP contribution in [0.1, 0.15) is 45.7 Å². The summed E-state index contributed by atoms with van der Waals surface area (Å²) in [7, 11) is 0. The Morgan fingerprint density at radius 2 is 2.06 bits per heavy atom. The van der Waals surface area contributed by atoms with Gasteiger partial charge in [0.2, 0.25) is 0 Å². The number of hydrogen-bond donors (Lipinski definition) is 1. The summed E-state index contributed by atoms with van der Waals surface area (Å²) < 4.78 is 11.2. The molecule has 2 atom stereocenters. The Kier molecular flexibility index (Phi) is 3.05. The van der Waals surface area contributed by atoms with Gasteiger partial charge in [0.15, 0.2) is 5.22 Å². The van der Waals surface area contributed by atoms with Gasteiger partial charge < -0.3 is 14.9 Å². The molecule has 1 fully saturated rings. The predicted octanol–water partition coefficient (Wildman–Crippen LogP) is 3.53. The van der Waals surface area contributed by atoms with Crippen LogP contribution in [0.2, 0.25) is 5.22 Å². The van der Waals surface area contributed by atoms with Gasteiger partial charge >= 0.3 is 0 Å². The van der Waals surface area contributed by atoms with Gasteiger partial charge in [-0.1, -0.05) is 0 Å². The van der Waals surface area contributed by atoms with E-state index in [2.05, 4.69) is 27.7 Å². The monoisotopic (exact) mass is 257 g/mol. The lowest BCUT2D eigenvalue weighted by atomic mass is 9.80. The predicted molar refractivity (Wildman–Crippen MR) is 68.0 cm³/mol. The van der Waals surface area contributed by atoms with Crippen molar-refractivity contribution in [3.05, 3.63) is 23.1 Å². The van der Waals surface area contributed by atoms with Crippen LogP contribution in [0.5, 0.6) is 0 Å². The van der Waals surface area contributed by atoms with Crippen LogP contribution < -0.4 is 5.73 Å². The molecule has 0 saturated carbocycles. The van der Waals surface area contributed by atoms with Gasteiger partial charge in [0.05, 0.1) is 17.5 Å². The lowest BCUT2D eigenvalue weighted by Crippen LogP contribution is -2.35. The SMILES string of the molecule is CC1(C)CC(C(N)c2ccoc2Cl)C(C)(C)O1. The van der Waals surface area contributed by atoms with E-state index in [0.29, 0.717) is 5.22 Å². The van der Waals surface area contributed by atoms with Crippen LogP contribution in [-0.4, -0.2) is 11.2 Å². The second-order valence-corrected chi connectivity index (χ2v) is 6.29. The van der Waals surface area contributed by atoms with Crippen molar-refractivity contribution in [1.82, 2.24) is 0 Å². The van der Waals surface area contributed by atoms with E-state index in [4.69, 9.17) is 26.5 Å². The summed E-state index contributed by atoms with van der Waals surface area (Å²) in [6, 6.07) is 1.69. The van der Waals surface area contributed by atoms with Crippen LogP contribution in [-0.2, 0) is 4.74 Å². The number of halogens is 1. The number of furan rings is 1. The molecule has 0 radical (unpaired) electrons. The zero-order valence-electron chi connectivity index (χ0n) is 10.8. The van der Waals surface area contributed by atoms with Crippen molar-refractivity contribution in [2.24, 2.45) is 11.7 Å². The molecule has 0 spiro atoms. The standard InChI is InChI=1S/C13H20ClNO2/c1-12(2)7-9(13(3,4)17-12)10(15)8-5-6-16-11(8)14/h5-6,9-10H,7,15H2,1-4H3. The average Bonchev–Trinajstić information content (AvgIpc) is 2.66. The van der Waals surface area contributed by atoms with Crippen molar-refractivity contribution in [1.29, 1.82) is 0 Å². The number of hydrogen-bond acceptors (Lipinski definition) is 3. The molecule has 17 heavy (non-hydrogen) atoms. The van der Waals surface area contributed by atoms with E-state index < -0.39 is 0 Å². The van der Waals surface area contributed by atoms with E-state index in [1.54, 1.807) is 6.26 Å². The Hall–Kier alpha value is -0.510. The summed E-state index contributed by atoms with van der Waals surface area (Å²) in [4.78, 5) is 0. The third kappa shape index (κ3) is 2.37. The normalized spacial score (nSPS) is 28.2. The Bertz CT molecular complexity index is 411. The molecule has 0 aliphatic carbocycles. The maximum Gasteiger partial charge on any atom is 0.197 e. The zero-order chi connectivity index (χ0) is 12.8. The van der Waals surface area contributed by atoms with Crippen molar-refractivity contribution in [3.8, 4) is 0 Å². The van der Waals surface area contributed by atoms with Crippen LogP contribution in [0.4, 0.5) is 0 Å². The third-order valence-electron chi connectivity index (χ3n) is 3.58. The van der Waals surface area contributed by atoms with Crippen molar-refractivity contribution in [2.45, 2.75) is 51.4 Å². The number of ether oxygens (including phenoxy) is 1. The molecule has 0 bridgehead atoms. The second kappa shape index (κ2) is 4.01. The third-order valence-corrected chi connectivity index (χ3v) is 3.89. The fraction of sp³-hybridized carbons (Fsp3) is 0.692. The van der Waals surface area contributed by atoms with Crippen molar-refractivity contribution in [2.75, 3.05) is 0 Å². The van der Waals surface area contributed by atoms with Gasteiger partial charge in [-0.25, -0.2) is 0 Å². The molecule has 3 nitrogen and oxygen atoms in total. The minimum Gasteiger partial charge on any atom is -0.453 e. The molecular formula is C13H20ClNO2. The Morgan fingerprint density at radius 1 is 1.41 bits per heavy atom. The molecule has 96 valence electrons. The molecule has 0 amide bonds. The molecular weight excluding hydrogens is 238 g/mol. The highest BCUT2D eigenvalue weighted by atomic mass is 35.5. The van der Waals surface area contributed by atoms with Crippen LogP contribution in [0.25, 0.3) is 0 Å². The Morgan fingerprint density at radius 3 is 2.47 bits per heavy atom. The molecule has 2 heterocycles. The molecule has 2 N–H and O–H groups in total. The first-order chi connectivity index (χ1) is 7.73. The highest BCUT2D eigenvalue weighted by Crippen LogP contribution is 2.47. The molecule has 1 aromatic heterocycles. The molecule has 4 heteroatoms. The fourth-order valence-corrected chi connectivity index (χ4v) is 3.16. The van der Waals surface area contributed by atoms with E-state index >= 15 is 0 Å². The number of nitrogens with two attached hydrogens (primary N) is 1. The smallest absolute Gasteiger partial charge is 0.197 e. The molecule has 1 aliphatic rings. The molecule has 1 aliphatic heterocycles. The maximum atomic E-state index is 6.32. The summed E-state index contributed by atoms with van der Waals surface area (Å²) >= 11 is 5.99. The average molecular weight is 258 g/mol. The van der Waals surface area contributed by atoms with Gasteiger partial charge in [-0.2, -0.15) is 0 Å². The minimum absolute atomic E-state index is 0.137. The van der Waals surface area contributed by atoms with E-state index in [1.807, 2.05) is 6.07 Å². The topological polar surface area (TPSA) is 48.4 Å². The van der Waals surface area contributed by atoms with Crippen molar-refractivity contribution < 1.29 is 9.15 Å². The fourth-order valence-electron chi connectivity index (χ4n) is 2.92. The van der Waals surface area contributed by atoms with E-state index in [1.165, 1.54) is 0 Å². The van der Waals surface area contributed by atoms with E-state index in [0.717, 1.165) is 12.0 Å². The van der Waals surface area contributed by atoms with Crippen LogP contribution in [0.3, 0.4) is 0 Å². The van der Waals surface area contributed by atoms with Crippen molar-refractivity contribution in [3.63, 3.8) is 0 Å². The van der Waals surface area contributed by atoms with Gasteiger partial charge in [-0.3, -0.25) is 0 Å². The summed E-state index contributed by atoms with van der Waals surface area (Å²) in [6.45, 7) is 8.36. The highest BCUT2D eigenvalue weighted by Gasteiger charge is 2.48. The highest BCUT2D eigenvalue weighted by molar-refractivity contribution is 6.29. The number of rotatable bonds is 2. The molecule has 0 aromatic carbocycles. The largest absolute Gasteiger partial charge is 0.453 e. The van der Waals surface area contributed by atoms with Crippen molar-refractivity contribution >= 4 is 11.6 Å². The summed E-state index contributed by atoms with van der Waals surface area (Å²) in [6.07, 6.45) is 2.49. The van der Waals surface area contributed by atoms with E-state index in [9.17, 15) is 0 Å². The maximum absolute atomic E-state index is 6.32. The van der Waals surface area contributed by atoms with Crippen LogP contribution >= 0.6 is 11.6 Å². The second-order valence-electron chi connectivity index (χ2n) is 5.95. The van der Waals surface area contributed by atoms with Gasteiger partial charge in [0.1, 0.15) is 0 Å². The molecule has 2 unspecified atom stereocenters. The quantitative estimate of drug-likeness (QED) is 0.882. The Balaban J connectivity index is 2.26. The molecule has 1 saturated heterocycles. The van der Waals surface area contributed by atoms with Gasteiger partial charge in [-0.05, 0) is 51.8 Å². The van der Waals surface area contributed by atoms with E-state index in [-0.39, 0.29) is 23.2 Å². The first kappa shape index (κ1) is 12.9. The zero-order valence-corrected chi connectivity index (χ0v) is 11.5. The van der Waals surface area contributed by atoms with Crippen LogP contribution in [0, 0.1) is 5.92 Å². The van der Waals surface area contributed by atoms with Gasteiger partial charge in [0, 0.05) is 17.5 Å². The molecule has 2 rings (SSSR count). The lowest BCUT2D eigenvalue weighted by molar-refractivity contribution is -0.0767. The summed E-state index contributed by atoms with van der Waals surface area (Å²) in [5.41, 5.74) is 6.80.